The molecule has 0 saturated heterocycles. The van der Waals surface area contributed by atoms with Crippen LogP contribution in [0.15, 0.2) is 120 Å². The summed E-state index contributed by atoms with van der Waals surface area (Å²) in [5.41, 5.74) is 1.02. The summed E-state index contributed by atoms with van der Waals surface area (Å²) in [6, 6.07) is 38.2. The third-order valence-corrected chi connectivity index (χ3v) is 14.4. The van der Waals surface area contributed by atoms with Crippen LogP contribution >= 0.6 is 36.7 Å². The van der Waals surface area contributed by atoms with Crippen LogP contribution in [-0.2, 0) is 0 Å². The van der Waals surface area contributed by atoms with Gasteiger partial charge < -0.3 is 4.74 Å². The predicted molar refractivity (Wildman–Crippen MR) is 155 cm³/mol. The van der Waals surface area contributed by atoms with Crippen LogP contribution in [0.3, 0.4) is 0 Å². The molecule has 4 rings (SSSR count). The zero-order valence-corrected chi connectivity index (χ0v) is 23.1. The molecule has 170 valence electrons. The maximum atomic E-state index is 5.39. The zero-order chi connectivity index (χ0) is 23.8. The Labute approximate surface area is 214 Å². The van der Waals surface area contributed by atoms with E-state index in [0.717, 1.165) is 15.8 Å². The maximum absolute atomic E-state index is 5.39. The molecule has 0 fully saturated rings. The van der Waals surface area contributed by atoms with Crippen LogP contribution in [0.4, 0.5) is 0 Å². The van der Waals surface area contributed by atoms with E-state index in [-0.39, 0.29) is 0 Å². The van der Waals surface area contributed by atoms with Crippen molar-refractivity contribution in [3.8, 4) is 5.75 Å². The molecule has 0 bridgehead atoms. The summed E-state index contributed by atoms with van der Waals surface area (Å²) < 4.78 is 6.43. The van der Waals surface area contributed by atoms with Crippen LogP contribution in [0.2, 0.25) is 0 Å². The van der Waals surface area contributed by atoms with Gasteiger partial charge >= 0.3 is 134 Å². The van der Waals surface area contributed by atoms with Gasteiger partial charge in [0.05, 0.1) is 6.61 Å². The Morgan fingerprint density at radius 1 is 0.758 bits per heavy atom. The molecule has 4 aromatic rings. The van der Waals surface area contributed by atoms with Crippen LogP contribution in [-0.4, -0.2) is 13.3 Å². The summed E-state index contributed by atoms with van der Waals surface area (Å²) in [7, 11) is 0. The molecule has 0 radical (unpaired) electrons. The van der Waals surface area contributed by atoms with E-state index in [4.69, 9.17) is 4.74 Å². The fraction of sp³-hybridized carbons (Fsp3) is 0.103. The molecule has 0 aliphatic carbocycles. The quantitative estimate of drug-likeness (QED) is 0.209. The molecule has 0 aliphatic rings. The fourth-order valence-corrected chi connectivity index (χ4v) is 9.80. The first kappa shape index (κ1) is 25.4. The fourth-order valence-electron chi connectivity index (χ4n) is 3.76. The van der Waals surface area contributed by atoms with Gasteiger partial charge in [0.15, 0.2) is 0 Å². The van der Waals surface area contributed by atoms with Gasteiger partial charge in [-0.2, -0.15) is 0 Å². The van der Waals surface area contributed by atoms with Gasteiger partial charge in [-0.05, 0) is 25.1 Å². The number of hydrogen-bond donors (Lipinski definition) is 0. The number of hydrogen-bond acceptors (Lipinski definition) is 1. The molecule has 0 aromatic heterocycles. The molecular weight excluding hydrogens is 555 g/mol. The molecule has 0 unspecified atom stereocenters. The number of halogens is 2. The first-order valence-corrected chi connectivity index (χ1v) is 16.3. The Hall–Kier alpha value is -2.19. The van der Waals surface area contributed by atoms with E-state index in [9.17, 15) is 0 Å². The van der Waals surface area contributed by atoms with E-state index in [1.165, 1.54) is 15.9 Å². The molecule has 0 aliphatic heterocycles. The third kappa shape index (κ3) is 5.66. The second kappa shape index (κ2) is 11.3. The number of rotatable bonds is 6. The van der Waals surface area contributed by atoms with Crippen molar-refractivity contribution in [2.75, 3.05) is 13.3 Å². The summed E-state index contributed by atoms with van der Waals surface area (Å²) in [4.78, 5) is 0. The van der Waals surface area contributed by atoms with E-state index in [1.54, 1.807) is 6.08 Å². The van der Waals surface area contributed by atoms with Crippen molar-refractivity contribution in [2.45, 2.75) is 6.92 Å². The summed E-state index contributed by atoms with van der Waals surface area (Å²) in [5, 5.41) is 1.48. The van der Waals surface area contributed by atoms with Crippen molar-refractivity contribution >= 4 is 58.7 Å². The minimum atomic E-state index is -2.56. The molecule has 0 saturated carbocycles. The average Bonchev–Trinajstić information content (AvgIpc) is 2.87. The van der Waals surface area contributed by atoms with Crippen molar-refractivity contribution in [1.82, 2.24) is 0 Å². The molecule has 0 atom stereocenters. The van der Waals surface area contributed by atoms with Gasteiger partial charge in [0, 0.05) is 10.0 Å². The predicted octanol–water partition coefficient (Wildman–Crippen LogP) is 7.95. The Balaban J connectivity index is 0.000000218. The molecule has 0 N–H and O–H groups in total. The van der Waals surface area contributed by atoms with E-state index in [2.05, 4.69) is 136 Å². The van der Waals surface area contributed by atoms with E-state index >= 15 is 0 Å². The Morgan fingerprint density at radius 2 is 1.18 bits per heavy atom. The van der Waals surface area contributed by atoms with Gasteiger partial charge in [-0.3, -0.25) is 0 Å². The average molecular weight is 584 g/mol. The van der Waals surface area contributed by atoms with Gasteiger partial charge in [-0.15, -0.1) is 0 Å². The Morgan fingerprint density at radius 3 is 1.55 bits per heavy atom. The molecule has 4 heteroatoms. The van der Waals surface area contributed by atoms with Gasteiger partial charge in [-0.25, -0.2) is 0 Å². The second-order valence-corrected chi connectivity index (χ2v) is 18.4. The molecule has 4 aromatic carbocycles. The van der Waals surface area contributed by atoms with Crippen LogP contribution < -0.4 is 20.7 Å². The Bertz CT molecular complexity index is 1070. The van der Waals surface area contributed by atoms with Crippen molar-refractivity contribution in [1.29, 1.82) is 0 Å². The molecule has 1 nitrogen and oxygen atoms in total. The zero-order valence-electron chi connectivity index (χ0n) is 19.0. The first-order valence-electron chi connectivity index (χ1n) is 10.8. The van der Waals surface area contributed by atoms with Crippen molar-refractivity contribution < 1.29 is 4.74 Å². The van der Waals surface area contributed by atoms with Crippen molar-refractivity contribution in [3.63, 3.8) is 0 Å². The summed E-state index contributed by atoms with van der Waals surface area (Å²) in [5.74, 6) is 0.885. The SMILES string of the molecule is C=Cc1cc(Br)ccc1OCC.CP(Br)(c1ccccc1)(c1ccccc1)c1ccccc1. The van der Waals surface area contributed by atoms with Gasteiger partial charge in [0.2, 0.25) is 0 Å². The summed E-state index contributed by atoms with van der Waals surface area (Å²) in [6.45, 7) is 8.73. The molecule has 0 spiro atoms. The topological polar surface area (TPSA) is 9.23 Å². The van der Waals surface area contributed by atoms with Crippen LogP contribution in [0.5, 0.6) is 5.75 Å². The summed E-state index contributed by atoms with van der Waals surface area (Å²) in [6.07, 6.45) is 1.79. The molecule has 33 heavy (non-hydrogen) atoms. The van der Waals surface area contributed by atoms with Gasteiger partial charge in [0.25, 0.3) is 0 Å². The van der Waals surface area contributed by atoms with E-state index in [0.29, 0.717) is 6.61 Å². The minimum absolute atomic E-state index is 0.683. The van der Waals surface area contributed by atoms with E-state index < -0.39 is 5.31 Å². The van der Waals surface area contributed by atoms with Gasteiger partial charge in [0.1, 0.15) is 5.75 Å². The standard InChI is InChI=1S/C19H18BrP.C10H11BrO/c1-21(20,17-11-5-2-6-12-17,18-13-7-3-8-14-18)19-15-9-4-10-16-19;1-3-8-7-9(11)5-6-10(8)12-4-2/h2-16H,1H3;3,5-7H,1,4H2,2H3. The normalized spacial score (nSPS) is 11.9. The molecule has 0 heterocycles. The number of ether oxygens (including phenoxy) is 1. The molecular formula is C29H29Br2OP. The Kier molecular flexibility index (Phi) is 8.70. The molecule has 0 amide bonds. The van der Waals surface area contributed by atoms with Gasteiger partial charge in [-0.1, -0.05) is 28.6 Å². The van der Waals surface area contributed by atoms with Crippen LogP contribution in [0.25, 0.3) is 6.08 Å². The number of benzene rings is 4. The van der Waals surface area contributed by atoms with Crippen molar-refractivity contribution in [2.24, 2.45) is 0 Å². The third-order valence-electron chi connectivity index (χ3n) is 5.60. The van der Waals surface area contributed by atoms with Crippen LogP contribution in [0, 0.1) is 0 Å². The monoisotopic (exact) mass is 582 g/mol. The van der Waals surface area contributed by atoms with E-state index in [1.807, 2.05) is 25.1 Å². The first-order chi connectivity index (χ1) is 15.9. The second-order valence-electron chi connectivity index (χ2n) is 7.75. The van der Waals surface area contributed by atoms with Crippen LogP contribution in [0.1, 0.15) is 12.5 Å². The van der Waals surface area contributed by atoms with Crippen molar-refractivity contribution in [3.05, 3.63) is 126 Å². The summed E-state index contributed by atoms with van der Waals surface area (Å²) >= 11 is 7.63.